The molecule has 1 fully saturated rings. The van der Waals surface area contributed by atoms with E-state index < -0.39 is 10.0 Å². The highest BCUT2D eigenvalue weighted by Crippen LogP contribution is 2.44. The maximum absolute atomic E-state index is 12.1. The largest absolute Gasteiger partial charge is 0.495 e. The van der Waals surface area contributed by atoms with Crippen LogP contribution in [0.4, 0.5) is 11.4 Å². The molecule has 0 radical (unpaired) electrons. The molecule has 9 nitrogen and oxygen atoms in total. The van der Waals surface area contributed by atoms with E-state index in [2.05, 4.69) is 44.5 Å². The molecule has 0 saturated carbocycles. The number of thiocarbonyl (C=S) groups is 1. The van der Waals surface area contributed by atoms with Gasteiger partial charge < -0.3 is 19.5 Å². The second kappa shape index (κ2) is 10.7. The van der Waals surface area contributed by atoms with Gasteiger partial charge in [0, 0.05) is 42.2 Å². The zero-order valence-corrected chi connectivity index (χ0v) is 23.8. The molecule has 11 heteroatoms. The summed E-state index contributed by atoms with van der Waals surface area (Å²) in [4.78, 5) is 10.8. The molecular formula is C28H30N6O3S2. The zero-order valence-electron chi connectivity index (χ0n) is 22.1. The van der Waals surface area contributed by atoms with Crippen molar-refractivity contribution < 1.29 is 13.2 Å². The third-order valence-electron chi connectivity index (χ3n) is 6.88. The molecule has 4 aromatic rings. The van der Waals surface area contributed by atoms with Crippen LogP contribution < -0.4 is 19.7 Å². The fourth-order valence-electron chi connectivity index (χ4n) is 5.12. The van der Waals surface area contributed by atoms with E-state index in [9.17, 15) is 8.42 Å². The van der Waals surface area contributed by atoms with Gasteiger partial charge in [-0.25, -0.2) is 8.42 Å². The molecular weight excluding hydrogens is 532 g/mol. The number of pyridine rings is 2. The van der Waals surface area contributed by atoms with Crippen LogP contribution in [0.15, 0.2) is 73.2 Å². The van der Waals surface area contributed by atoms with E-state index in [0.29, 0.717) is 23.1 Å². The SMILES string of the molecule is COc1ccc(N2C(=S)N[C@@H](c3ccccn3)[C@H]2c2cc(C)n(Cc3ccncc3)c2C)cc1NS(C)(=O)=O. The van der Waals surface area contributed by atoms with Crippen LogP contribution in [0, 0.1) is 13.8 Å². The van der Waals surface area contributed by atoms with Gasteiger partial charge in [0.2, 0.25) is 10.0 Å². The predicted octanol–water partition coefficient (Wildman–Crippen LogP) is 4.50. The first kappa shape index (κ1) is 26.6. The Labute approximate surface area is 233 Å². The van der Waals surface area contributed by atoms with Gasteiger partial charge in [0.05, 0.1) is 36.8 Å². The van der Waals surface area contributed by atoms with Crippen molar-refractivity contribution in [2.24, 2.45) is 0 Å². The Kier molecular flexibility index (Phi) is 7.28. The molecule has 1 aromatic carbocycles. The summed E-state index contributed by atoms with van der Waals surface area (Å²) in [6.07, 6.45) is 6.48. The number of aryl methyl sites for hydroxylation is 1. The standard InChI is InChI=1S/C28H30N6O3S2/c1-18-15-22(19(2)33(18)17-20-10-13-29-14-11-20)27-26(23-7-5-6-12-30-23)31-28(38)34(27)21-8-9-25(37-3)24(16-21)32-39(4,35)36/h5-16,26-27,32H,17H2,1-4H3,(H,31,38)/t26-,27+/m0/s1. The van der Waals surface area contributed by atoms with Gasteiger partial charge in [-0.3, -0.25) is 14.7 Å². The maximum atomic E-state index is 12.1. The number of benzene rings is 1. The molecule has 2 atom stereocenters. The first-order valence-electron chi connectivity index (χ1n) is 12.4. The molecule has 1 aliphatic heterocycles. The number of ether oxygens (including phenoxy) is 1. The van der Waals surface area contributed by atoms with Crippen molar-refractivity contribution in [3.63, 3.8) is 0 Å². The summed E-state index contributed by atoms with van der Waals surface area (Å²) in [6.45, 7) is 4.92. The predicted molar refractivity (Wildman–Crippen MR) is 157 cm³/mol. The lowest BCUT2D eigenvalue weighted by atomic mass is 9.96. The fraction of sp³-hybridized carbons (Fsp3) is 0.250. The third-order valence-corrected chi connectivity index (χ3v) is 7.78. The number of rotatable bonds is 8. The molecule has 0 aliphatic carbocycles. The van der Waals surface area contributed by atoms with Gasteiger partial charge in [0.25, 0.3) is 0 Å². The van der Waals surface area contributed by atoms with Crippen LogP contribution in [0.2, 0.25) is 0 Å². The Balaban J connectivity index is 1.64. The van der Waals surface area contributed by atoms with Crippen LogP contribution in [0.5, 0.6) is 5.75 Å². The van der Waals surface area contributed by atoms with Crippen molar-refractivity contribution in [1.82, 2.24) is 19.9 Å². The van der Waals surface area contributed by atoms with E-state index in [1.165, 1.54) is 7.11 Å². The Bertz CT molecular complexity index is 1610. The molecule has 5 rings (SSSR count). The molecule has 0 unspecified atom stereocenters. The number of anilines is 2. The van der Waals surface area contributed by atoms with Gasteiger partial charge in [-0.15, -0.1) is 0 Å². The minimum atomic E-state index is -3.54. The normalized spacial score (nSPS) is 17.2. The Morgan fingerprint density at radius 3 is 2.51 bits per heavy atom. The monoisotopic (exact) mass is 562 g/mol. The van der Waals surface area contributed by atoms with Gasteiger partial charge in [0.15, 0.2) is 5.11 Å². The van der Waals surface area contributed by atoms with E-state index in [0.717, 1.165) is 40.2 Å². The molecule has 2 N–H and O–H groups in total. The highest BCUT2D eigenvalue weighted by molar-refractivity contribution is 7.92. The van der Waals surface area contributed by atoms with Crippen LogP contribution in [0.25, 0.3) is 0 Å². The highest BCUT2D eigenvalue weighted by atomic mass is 32.2. The lowest BCUT2D eigenvalue weighted by Gasteiger charge is -2.29. The van der Waals surface area contributed by atoms with Crippen LogP contribution in [-0.4, -0.2) is 41.4 Å². The molecule has 1 aliphatic rings. The number of nitrogens with zero attached hydrogens (tertiary/aromatic N) is 4. The Hall–Kier alpha value is -3.96. The second-order valence-electron chi connectivity index (χ2n) is 9.52. The number of hydrogen-bond donors (Lipinski definition) is 2. The van der Waals surface area contributed by atoms with E-state index in [-0.39, 0.29) is 12.1 Å². The second-order valence-corrected chi connectivity index (χ2v) is 11.7. The number of sulfonamides is 1. The van der Waals surface area contributed by atoms with Crippen molar-refractivity contribution in [2.45, 2.75) is 32.5 Å². The van der Waals surface area contributed by atoms with E-state index in [1.807, 2.05) is 41.3 Å². The van der Waals surface area contributed by atoms with Crippen molar-refractivity contribution in [3.05, 3.63) is 101 Å². The number of aromatic nitrogens is 3. The minimum absolute atomic E-state index is 0.234. The van der Waals surface area contributed by atoms with Crippen LogP contribution in [0.3, 0.4) is 0 Å². The average molecular weight is 563 g/mol. The highest BCUT2D eigenvalue weighted by Gasteiger charge is 2.42. The minimum Gasteiger partial charge on any atom is -0.495 e. The number of methoxy groups -OCH3 is 1. The lowest BCUT2D eigenvalue weighted by Crippen LogP contribution is -2.29. The molecule has 3 aromatic heterocycles. The van der Waals surface area contributed by atoms with Crippen molar-refractivity contribution in [3.8, 4) is 5.75 Å². The summed E-state index contributed by atoms with van der Waals surface area (Å²) in [6, 6.07) is 16.9. The Morgan fingerprint density at radius 1 is 1.08 bits per heavy atom. The van der Waals surface area contributed by atoms with Gasteiger partial charge in [0.1, 0.15) is 5.75 Å². The first-order valence-corrected chi connectivity index (χ1v) is 14.7. The quantitative estimate of drug-likeness (QED) is 0.303. The van der Waals surface area contributed by atoms with E-state index in [4.69, 9.17) is 17.0 Å². The van der Waals surface area contributed by atoms with Crippen molar-refractivity contribution in [1.29, 1.82) is 0 Å². The molecule has 39 heavy (non-hydrogen) atoms. The van der Waals surface area contributed by atoms with Gasteiger partial charge in [-0.2, -0.15) is 0 Å². The van der Waals surface area contributed by atoms with Crippen LogP contribution >= 0.6 is 12.2 Å². The smallest absolute Gasteiger partial charge is 0.229 e. The Morgan fingerprint density at radius 2 is 1.85 bits per heavy atom. The topological polar surface area (TPSA) is 101 Å². The third kappa shape index (κ3) is 5.45. The average Bonchev–Trinajstić information content (AvgIpc) is 3.39. The van der Waals surface area contributed by atoms with Crippen LogP contribution in [-0.2, 0) is 16.6 Å². The number of hydrogen-bond acceptors (Lipinski definition) is 6. The van der Waals surface area contributed by atoms with Crippen molar-refractivity contribution in [2.75, 3.05) is 23.0 Å². The van der Waals surface area contributed by atoms with E-state index in [1.54, 1.807) is 30.7 Å². The molecule has 1 saturated heterocycles. The number of nitrogens with one attached hydrogen (secondary N) is 2. The van der Waals surface area contributed by atoms with Gasteiger partial charge in [-0.1, -0.05) is 6.07 Å². The molecule has 202 valence electrons. The fourth-order valence-corrected chi connectivity index (χ4v) is 6.02. The maximum Gasteiger partial charge on any atom is 0.229 e. The first-order chi connectivity index (χ1) is 18.7. The van der Waals surface area contributed by atoms with Crippen molar-refractivity contribution >= 4 is 38.7 Å². The van der Waals surface area contributed by atoms with E-state index >= 15 is 0 Å². The molecule has 4 heterocycles. The van der Waals surface area contributed by atoms with Crippen LogP contribution in [0.1, 0.15) is 40.3 Å². The summed E-state index contributed by atoms with van der Waals surface area (Å²) < 4.78 is 34.4. The summed E-state index contributed by atoms with van der Waals surface area (Å²) in [7, 11) is -2.03. The lowest BCUT2D eigenvalue weighted by molar-refractivity contribution is 0.417. The summed E-state index contributed by atoms with van der Waals surface area (Å²) in [5, 5.41) is 4.00. The zero-order chi connectivity index (χ0) is 27.7. The summed E-state index contributed by atoms with van der Waals surface area (Å²) in [5.41, 5.74) is 6.39. The molecule has 0 amide bonds. The molecule has 0 bridgehead atoms. The molecule has 0 spiro atoms. The van der Waals surface area contributed by atoms with Gasteiger partial charge in [-0.05, 0) is 85.7 Å². The summed E-state index contributed by atoms with van der Waals surface area (Å²) >= 11 is 5.88. The summed E-state index contributed by atoms with van der Waals surface area (Å²) in [5.74, 6) is 0.413. The van der Waals surface area contributed by atoms with Gasteiger partial charge >= 0.3 is 0 Å².